The number of ether oxygens (including phenoxy) is 2. The number of hydrogen-bond donors (Lipinski definition) is 0. The summed E-state index contributed by atoms with van der Waals surface area (Å²) in [5.74, 6) is 1.52. The molecule has 0 aliphatic heterocycles. The lowest BCUT2D eigenvalue weighted by molar-refractivity contribution is -0.134. The van der Waals surface area contributed by atoms with Crippen molar-refractivity contribution in [1.29, 1.82) is 0 Å². The molecule has 0 bridgehead atoms. The number of rotatable bonds is 5. The highest BCUT2D eigenvalue weighted by Gasteiger charge is 2.22. The topological polar surface area (TPSA) is 38.8 Å². The van der Waals surface area contributed by atoms with E-state index in [1.807, 2.05) is 36.2 Å². The second-order valence-electron chi connectivity index (χ2n) is 5.26. The molecule has 4 nitrogen and oxygen atoms in total. The molecule has 1 aliphatic carbocycles. The van der Waals surface area contributed by atoms with E-state index in [-0.39, 0.29) is 12.5 Å². The van der Waals surface area contributed by atoms with Gasteiger partial charge in [-0.3, -0.25) is 4.79 Å². The molecule has 0 heterocycles. The van der Waals surface area contributed by atoms with Crippen molar-refractivity contribution in [2.24, 2.45) is 0 Å². The van der Waals surface area contributed by atoms with E-state index in [0.29, 0.717) is 11.8 Å². The fraction of sp³-hybridized carbons (Fsp3) is 0.562. The van der Waals surface area contributed by atoms with Crippen LogP contribution in [-0.2, 0) is 4.79 Å². The van der Waals surface area contributed by atoms with Crippen LogP contribution in [-0.4, -0.2) is 37.6 Å². The number of nitrogens with zero attached hydrogens (tertiary/aromatic N) is 1. The minimum absolute atomic E-state index is 0.0488. The maximum Gasteiger partial charge on any atom is 0.260 e. The standard InChI is InChI=1S/C16H23NO3/c1-17(13-6-4-3-5-7-13)16(18)12-20-15-10-8-14(19-2)9-11-15/h8-11,13H,3-7,12H2,1-2H3. The Balaban J connectivity index is 1.81. The van der Waals surface area contributed by atoms with Gasteiger partial charge in [0.1, 0.15) is 11.5 Å². The molecule has 2 rings (SSSR count). The first kappa shape index (κ1) is 14.7. The molecule has 110 valence electrons. The smallest absolute Gasteiger partial charge is 0.260 e. The van der Waals surface area contributed by atoms with E-state index in [0.717, 1.165) is 18.6 Å². The molecule has 0 spiro atoms. The molecule has 1 fully saturated rings. The molecule has 4 heteroatoms. The Morgan fingerprint density at radius 1 is 1.15 bits per heavy atom. The summed E-state index contributed by atoms with van der Waals surface area (Å²) < 4.78 is 10.6. The zero-order valence-electron chi connectivity index (χ0n) is 12.3. The van der Waals surface area contributed by atoms with Crippen molar-refractivity contribution in [3.05, 3.63) is 24.3 Å². The molecule has 20 heavy (non-hydrogen) atoms. The van der Waals surface area contributed by atoms with Crippen molar-refractivity contribution in [2.45, 2.75) is 38.1 Å². The monoisotopic (exact) mass is 277 g/mol. The quantitative estimate of drug-likeness (QED) is 0.830. The lowest BCUT2D eigenvalue weighted by atomic mass is 9.94. The van der Waals surface area contributed by atoms with Gasteiger partial charge in [-0.1, -0.05) is 19.3 Å². The minimum atomic E-state index is 0.0488. The Bertz CT molecular complexity index is 424. The Morgan fingerprint density at radius 3 is 2.35 bits per heavy atom. The fourth-order valence-electron chi connectivity index (χ4n) is 2.59. The number of amides is 1. The van der Waals surface area contributed by atoms with Crippen molar-refractivity contribution < 1.29 is 14.3 Å². The van der Waals surface area contributed by atoms with E-state index in [4.69, 9.17) is 9.47 Å². The van der Waals surface area contributed by atoms with Crippen molar-refractivity contribution in [3.63, 3.8) is 0 Å². The first-order chi connectivity index (χ1) is 9.70. The summed E-state index contributed by atoms with van der Waals surface area (Å²) in [5.41, 5.74) is 0. The van der Waals surface area contributed by atoms with Gasteiger partial charge in [0.05, 0.1) is 7.11 Å². The van der Waals surface area contributed by atoms with Crippen molar-refractivity contribution in [2.75, 3.05) is 20.8 Å². The highest BCUT2D eigenvalue weighted by molar-refractivity contribution is 5.77. The summed E-state index contributed by atoms with van der Waals surface area (Å²) in [6, 6.07) is 7.66. The predicted octanol–water partition coefficient (Wildman–Crippen LogP) is 2.87. The van der Waals surface area contributed by atoms with Crippen LogP contribution in [0.25, 0.3) is 0 Å². The molecule has 0 N–H and O–H groups in total. The molecule has 0 saturated heterocycles. The van der Waals surface area contributed by atoms with Crippen LogP contribution in [0.5, 0.6) is 11.5 Å². The highest BCUT2D eigenvalue weighted by Crippen LogP contribution is 2.22. The zero-order valence-corrected chi connectivity index (χ0v) is 12.3. The summed E-state index contributed by atoms with van der Waals surface area (Å²) in [6.45, 7) is 0.0966. The van der Waals surface area contributed by atoms with Crippen LogP contribution >= 0.6 is 0 Å². The van der Waals surface area contributed by atoms with Crippen LogP contribution < -0.4 is 9.47 Å². The molecule has 0 aromatic heterocycles. The Kier molecular flexibility index (Phi) is 5.27. The van der Waals surface area contributed by atoms with Crippen LogP contribution in [0, 0.1) is 0 Å². The average molecular weight is 277 g/mol. The maximum atomic E-state index is 12.1. The van der Waals surface area contributed by atoms with Gasteiger partial charge in [-0.2, -0.15) is 0 Å². The summed E-state index contributed by atoms with van der Waals surface area (Å²) in [7, 11) is 3.51. The zero-order chi connectivity index (χ0) is 14.4. The Hall–Kier alpha value is -1.71. The van der Waals surface area contributed by atoms with Gasteiger partial charge in [-0.25, -0.2) is 0 Å². The summed E-state index contributed by atoms with van der Waals surface area (Å²) in [5, 5.41) is 0. The van der Waals surface area contributed by atoms with Crippen LogP contribution in [0.1, 0.15) is 32.1 Å². The average Bonchev–Trinajstić information content (AvgIpc) is 2.53. The lowest BCUT2D eigenvalue weighted by Gasteiger charge is -2.31. The molecular formula is C16H23NO3. The second kappa shape index (κ2) is 7.17. The first-order valence-electron chi connectivity index (χ1n) is 7.23. The predicted molar refractivity (Wildman–Crippen MR) is 78.1 cm³/mol. The van der Waals surface area contributed by atoms with Crippen molar-refractivity contribution in [3.8, 4) is 11.5 Å². The first-order valence-corrected chi connectivity index (χ1v) is 7.23. The number of carbonyl (C=O) groups excluding carboxylic acids is 1. The second-order valence-corrected chi connectivity index (χ2v) is 5.26. The normalized spacial score (nSPS) is 15.7. The van der Waals surface area contributed by atoms with E-state index < -0.39 is 0 Å². The van der Waals surface area contributed by atoms with Gasteiger partial charge < -0.3 is 14.4 Å². The van der Waals surface area contributed by atoms with Gasteiger partial charge in [0.2, 0.25) is 0 Å². The molecule has 1 aliphatic rings. The van der Waals surface area contributed by atoms with Crippen LogP contribution in [0.3, 0.4) is 0 Å². The summed E-state index contributed by atoms with van der Waals surface area (Å²) >= 11 is 0. The van der Waals surface area contributed by atoms with E-state index in [1.165, 1.54) is 19.3 Å². The molecule has 1 aromatic rings. The van der Waals surface area contributed by atoms with Gasteiger partial charge in [-0.05, 0) is 37.1 Å². The molecular weight excluding hydrogens is 254 g/mol. The molecule has 0 radical (unpaired) electrons. The van der Waals surface area contributed by atoms with Gasteiger partial charge in [-0.15, -0.1) is 0 Å². The maximum absolute atomic E-state index is 12.1. The number of methoxy groups -OCH3 is 1. The van der Waals surface area contributed by atoms with E-state index in [2.05, 4.69) is 0 Å². The third kappa shape index (κ3) is 3.89. The van der Waals surface area contributed by atoms with Gasteiger partial charge in [0.25, 0.3) is 5.91 Å². The molecule has 0 atom stereocenters. The highest BCUT2D eigenvalue weighted by atomic mass is 16.5. The SMILES string of the molecule is COc1ccc(OCC(=O)N(C)C2CCCCC2)cc1. The van der Waals surface area contributed by atoms with Crippen molar-refractivity contribution in [1.82, 2.24) is 4.90 Å². The molecule has 1 amide bonds. The minimum Gasteiger partial charge on any atom is -0.497 e. The van der Waals surface area contributed by atoms with Crippen molar-refractivity contribution >= 4 is 5.91 Å². The third-order valence-electron chi connectivity index (χ3n) is 3.94. The van der Waals surface area contributed by atoms with Crippen LogP contribution in [0.4, 0.5) is 0 Å². The van der Waals surface area contributed by atoms with Gasteiger partial charge in [0.15, 0.2) is 6.61 Å². The summed E-state index contributed by atoms with van der Waals surface area (Å²) in [6.07, 6.45) is 5.97. The Labute approximate surface area is 120 Å². The number of benzene rings is 1. The number of hydrogen-bond acceptors (Lipinski definition) is 3. The summed E-state index contributed by atoms with van der Waals surface area (Å²) in [4.78, 5) is 14.0. The largest absolute Gasteiger partial charge is 0.497 e. The molecule has 1 saturated carbocycles. The van der Waals surface area contributed by atoms with E-state index in [1.54, 1.807) is 7.11 Å². The van der Waals surface area contributed by atoms with E-state index in [9.17, 15) is 4.79 Å². The van der Waals surface area contributed by atoms with Crippen LogP contribution in [0.15, 0.2) is 24.3 Å². The van der Waals surface area contributed by atoms with E-state index >= 15 is 0 Å². The fourth-order valence-corrected chi connectivity index (χ4v) is 2.59. The Morgan fingerprint density at radius 2 is 1.75 bits per heavy atom. The van der Waals surface area contributed by atoms with Gasteiger partial charge >= 0.3 is 0 Å². The van der Waals surface area contributed by atoms with Crippen LogP contribution in [0.2, 0.25) is 0 Å². The third-order valence-corrected chi connectivity index (χ3v) is 3.94. The molecule has 1 aromatic carbocycles. The number of carbonyl (C=O) groups is 1. The number of likely N-dealkylation sites (N-methyl/N-ethyl adjacent to an activating group) is 1. The molecule has 0 unspecified atom stereocenters. The lowest BCUT2D eigenvalue weighted by Crippen LogP contribution is -2.40. The van der Waals surface area contributed by atoms with Gasteiger partial charge in [0, 0.05) is 13.1 Å².